The van der Waals surface area contributed by atoms with Crippen LogP contribution in [-0.4, -0.2) is 22.6 Å². The van der Waals surface area contributed by atoms with Gasteiger partial charge in [-0.25, -0.2) is 9.78 Å². The highest BCUT2D eigenvalue weighted by Gasteiger charge is 2.19. The first-order valence-electron chi connectivity index (χ1n) is 7.23. The van der Waals surface area contributed by atoms with E-state index < -0.39 is 5.97 Å². The van der Waals surface area contributed by atoms with Crippen LogP contribution in [-0.2, 0) is 11.8 Å². The van der Waals surface area contributed by atoms with Gasteiger partial charge in [0.1, 0.15) is 5.15 Å². The Labute approximate surface area is 139 Å². The summed E-state index contributed by atoms with van der Waals surface area (Å²) in [5.74, 6) is -0.391. The summed E-state index contributed by atoms with van der Waals surface area (Å²) in [6.07, 6.45) is 3.58. The van der Waals surface area contributed by atoms with Crippen molar-refractivity contribution in [2.75, 3.05) is 7.11 Å². The summed E-state index contributed by atoms with van der Waals surface area (Å²) in [5.41, 5.74) is 5.04. The third kappa shape index (κ3) is 2.70. The fourth-order valence-corrected chi connectivity index (χ4v) is 3.11. The van der Waals surface area contributed by atoms with Crippen LogP contribution in [0.25, 0.3) is 22.0 Å². The highest BCUT2D eigenvalue weighted by Crippen LogP contribution is 2.34. The first-order chi connectivity index (χ1) is 10.9. The molecule has 0 saturated heterocycles. The predicted molar refractivity (Wildman–Crippen MR) is 92.0 cm³/mol. The van der Waals surface area contributed by atoms with E-state index in [2.05, 4.69) is 11.1 Å². The molecule has 118 valence electrons. The highest BCUT2D eigenvalue weighted by atomic mass is 35.5. The van der Waals surface area contributed by atoms with Crippen LogP contribution in [0.2, 0.25) is 5.15 Å². The molecule has 4 nitrogen and oxygen atoms in total. The lowest BCUT2D eigenvalue weighted by Crippen LogP contribution is -2.01. The van der Waals surface area contributed by atoms with E-state index in [1.807, 2.05) is 43.8 Å². The van der Waals surface area contributed by atoms with Gasteiger partial charge in [0, 0.05) is 36.0 Å². The molecule has 3 rings (SSSR count). The van der Waals surface area contributed by atoms with E-state index >= 15 is 0 Å². The van der Waals surface area contributed by atoms with E-state index in [1.165, 1.54) is 7.11 Å². The number of ether oxygens (including phenoxy) is 1. The Balaban J connectivity index is 2.29. The summed E-state index contributed by atoms with van der Waals surface area (Å²) < 4.78 is 6.67. The number of nitrogens with zero attached hydrogens (tertiary/aromatic N) is 2. The number of carbonyl (C=O) groups is 1. The fraction of sp³-hybridized carbons (Fsp3) is 0.222. The minimum absolute atomic E-state index is 0.374. The van der Waals surface area contributed by atoms with Crippen molar-refractivity contribution in [3.8, 4) is 11.1 Å². The molecule has 0 amide bonds. The van der Waals surface area contributed by atoms with Crippen molar-refractivity contribution < 1.29 is 9.53 Å². The molecule has 0 aliphatic rings. The molecule has 0 bridgehead atoms. The zero-order valence-electron chi connectivity index (χ0n) is 13.5. The SMILES string of the molecule is COC(=O)c1cn(C)cc1-c1cc2c(C)cc(C)cc2nc1Cl. The average molecular weight is 329 g/mol. The molecule has 0 spiro atoms. The molecule has 2 aromatic heterocycles. The molecule has 0 aliphatic carbocycles. The quantitative estimate of drug-likeness (QED) is 0.520. The second-order valence-corrected chi connectivity index (χ2v) is 6.08. The molecule has 2 heterocycles. The van der Waals surface area contributed by atoms with Gasteiger partial charge in [-0.1, -0.05) is 17.7 Å². The molecule has 0 fully saturated rings. The number of hydrogen-bond donors (Lipinski definition) is 0. The van der Waals surface area contributed by atoms with Gasteiger partial charge in [0.15, 0.2) is 0 Å². The van der Waals surface area contributed by atoms with E-state index in [9.17, 15) is 4.79 Å². The number of hydrogen-bond acceptors (Lipinski definition) is 3. The van der Waals surface area contributed by atoms with E-state index in [-0.39, 0.29) is 0 Å². The number of aryl methyl sites for hydroxylation is 3. The van der Waals surface area contributed by atoms with Crippen LogP contribution in [0.5, 0.6) is 0 Å². The third-order valence-corrected chi connectivity index (χ3v) is 4.18. The number of rotatable bonds is 2. The lowest BCUT2D eigenvalue weighted by atomic mass is 10.0. The largest absolute Gasteiger partial charge is 0.465 e. The molecular weight excluding hydrogens is 312 g/mol. The van der Waals surface area contributed by atoms with Crippen LogP contribution in [0.15, 0.2) is 30.6 Å². The number of methoxy groups -OCH3 is 1. The van der Waals surface area contributed by atoms with Crippen molar-refractivity contribution in [2.24, 2.45) is 7.05 Å². The normalized spacial score (nSPS) is 11.0. The number of benzene rings is 1. The Morgan fingerprint density at radius 3 is 2.61 bits per heavy atom. The summed E-state index contributed by atoms with van der Waals surface area (Å²) in [6, 6.07) is 6.10. The van der Waals surface area contributed by atoms with Gasteiger partial charge >= 0.3 is 5.97 Å². The van der Waals surface area contributed by atoms with Gasteiger partial charge in [-0.3, -0.25) is 0 Å². The zero-order valence-corrected chi connectivity index (χ0v) is 14.2. The van der Waals surface area contributed by atoms with Gasteiger partial charge in [-0.05, 0) is 37.1 Å². The van der Waals surface area contributed by atoms with Gasteiger partial charge in [-0.15, -0.1) is 0 Å². The lowest BCUT2D eigenvalue weighted by Gasteiger charge is -2.09. The summed E-state index contributed by atoms with van der Waals surface area (Å²) in [7, 11) is 3.22. The third-order valence-electron chi connectivity index (χ3n) is 3.89. The van der Waals surface area contributed by atoms with E-state index in [0.29, 0.717) is 10.7 Å². The van der Waals surface area contributed by atoms with Crippen molar-refractivity contribution in [1.29, 1.82) is 0 Å². The Morgan fingerprint density at radius 1 is 1.17 bits per heavy atom. The summed E-state index contributed by atoms with van der Waals surface area (Å²) in [5, 5.41) is 1.40. The van der Waals surface area contributed by atoms with Crippen LogP contribution in [0.1, 0.15) is 21.5 Å². The van der Waals surface area contributed by atoms with Gasteiger partial charge in [0.05, 0.1) is 18.2 Å². The number of carbonyl (C=O) groups excluding carboxylic acids is 1. The molecule has 3 aromatic rings. The first kappa shape index (κ1) is 15.6. The van der Waals surface area contributed by atoms with Crippen molar-refractivity contribution in [3.05, 3.63) is 52.4 Å². The number of fused-ring (bicyclic) bond motifs is 1. The van der Waals surface area contributed by atoms with Crippen molar-refractivity contribution in [1.82, 2.24) is 9.55 Å². The van der Waals surface area contributed by atoms with Crippen molar-refractivity contribution >= 4 is 28.5 Å². The molecular formula is C18H17ClN2O2. The molecule has 5 heteroatoms. The van der Waals surface area contributed by atoms with E-state index in [4.69, 9.17) is 16.3 Å². The molecule has 0 unspecified atom stereocenters. The highest BCUT2D eigenvalue weighted by molar-refractivity contribution is 6.33. The topological polar surface area (TPSA) is 44.1 Å². The maximum atomic E-state index is 12.0. The van der Waals surface area contributed by atoms with Gasteiger partial charge < -0.3 is 9.30 Å². The van der Waals surface area contributed by atoms with Crippen molar-refractivity contribution in [2.45, 2.75) is 13.8 Å². The Hall–Kier alpha value is -2.33. The van der Waals surface area contributed by atoms with Gasteiger partial charge in [0.2, 0.25) is 0 Å². The zero-order chi connectivity index (χ0) is 16.7. The molecule has 23 heavy (non-hydrogen) atoms. The molecule has 0 N–H and O–H groups in total. The minimum Gasteiger partial charge on any atom is -0.465 e. The number of pyridine rings is 1. The standard InChI is InChI=1S/C18H17ClN2O2/c1-10-5-11(2)12-7-13(17(19)20-16(12)6-10)14-8-21(3)9-15(14)18(22)23-4/h5-9H,1-4H3. The molecule has 0 aliphatic heterocycles. The van der Waals surface area contributed by atoms with Crippen LogP contribution in [0.4, 0.5) is 0 Å². The first-order valence-corrected chi connectivity index (χ1v) is 7.60. The van der Waals surface area contributed by atoms with E-state index in [1.54, 1.807) is 6.20 Å². The van der Waals surface area contributed by atoms with Gasteiger partial charge in [0.25, 0.3) is 0 Å². The van der Waals surface area contributed by atoms with E-state index in [0.717, 1.165) is 33.2 Å². The summed E-state index contributed by atoms with van der Waals surface area (Å²) in [4.78, 5) is 16.5. The second kappa shape index (κ2) is 5.70. The predicted octanol–water partition coefficient (Wildman–Crippen LogP) is 4.30. The minimum atomic E-state index is -0.391. The smallest absolute Gasteiger partial charge is 0.340 e. The Morgan fingerprint density at radius 2 is 1.91 bits per heavy atom. The number of halogens is 1. The average Bonchev–Trinajstić information content (AvgIpc) is 2.87. The van der Waals surface area contributed by atoms with Crippen LogP contribution < -0.4 is 0 Å². The molecule has 0 radical (unpaired) electrons. The molecule has 0 atom stereocenters. The van der Waals surface area contributed by atoms with Crippen LogP contribution in [0.3, 0.4) is 0 Å². The van der Waals surface area contributed by atoms with Crippen LogP contribution >= 0.6 is 11.6 Å². The second-order valence-electron chi connectivity index (χ2n) is 5.72. The summed E-state index contributed by atoms with van der Waals surface area (Å²) in [6.45, 7) is 4.07. The maximum Gasteiger partial charge on any atom is 0.340 e. The molecule has 1 aromatic carbocycles. The molecule has 0 saturated carbocycles. The fourth-order valence-electron chi connectivity index (χ4n) is 2.87. The summed E-state index contributed by atoms with van der Waals surface area (Å²) >= 11 is 6.40. The lowest BCUT2D eigenvalue weighted by molar-refractivity contribution is 0.0601. The maximum absolute atomic E-state index is 12.0. The monoisotopic (exact) mass is 328 g/mol. The van der Waals surface area contributed by atoms with Crippen LogP contribution in [0, 0.1) is 13.8 Å². The number of esters is 1. The van der Waals surface area contributed by atoms with Crippen molar-refractivity contribution in [3.63, 3.8) is 0 Å². The van der Waals surface area contributed by atoms with Gasteiger partial charge in [-0.2, -0.15) is 0 Å². The Kier molecular flexibility index (Phi) is 3.86. The number of aromatic nitrogens is 2. The Bertz CT molecular complexity index is 928.